The van der Waals surface area contributed by atoms with Gasteiger partial charge in [-0.3, -0.25) is 4.79 Å². The fourth-order valence-electron chi connectivity index (χ4n) is 1.51. The lowest BCUT2D eigenvalue weighted by molar-refractivity contribution is -0.115. The SMILES string of the molecule is CC(=O)Nc1ccc(COC[C@@](C)(O)CC=O)cc1. The molecule has 19 heavy (non-hydrogen) atoms. The van der Waals surface area contributed by atoms with Crippen LogP contribution in [0.2, 0.25) is 0 Å². The molecule has 0 aromatic heterocycles. The van der Waals surface area contributed by atoms with Gasteiger partial charge in [0.2, 0.25) is 5.91 Å². The van der Waals surface area contributed by atoms with Crippen LogP contribution >= 0.6 is 0 Å². The number of aldehydes is 1. The van der Waals surface area contributed by atoms with Crippen LogP contribution < -0.4 is 5.32 Å². The van der Waals surface area contributed by atoms with Crippen molar-refractivity contribution < 1.29 is 19.4 Å². The number of carbonyl (C=O) groups is 2. The maximum Gasteiger partial charge on any atom is 0.221 e. The van der Waals surface area contributed by atoms with Gasteiger partial charge in [-0.1, -0.05) is 12.1 Å². The standard InChI is InChI=1S/C14H19NO4/c1-11(17)15-13-5-3-12(4-6-13)9-19-10-14(2,18)7-8-16/h3-6,8,18H,7,9-10H2,1-2H3,(H,15,17)/t14-/m0/s1. The number of carbonyl (C=O) groups excluding carboxylic acids is 2. The van der Waals surface area contributed by atoms with Crippen molar-refractivity contribution in [2.75, 3.05) is 11.9 Å². The molecular weight excluding hydrogens is 246 g/mol. The van der Waals surface area contributed by atoms with E-state index in [4.69, 9.17) is 4.74 Å². The molecule has 2 N–H and O–H groups in total. The van der Waals surface area contributed by atoms with E-state index >= 15 is 0 Å². The van der Waals surface area contributed by atoms with Crippen LogP contribution in [-0.2, 0) is 20.9 Å². The summed E-state index contributed by atoms with van der Waals surface area (Å²) in [7, 11) is 0. The predicted octanol–water partition coefficient (Wildman–Crippen LogP) is 1.50. The number of anilines is 1. The second-order valence-corrected chi connectivity index (χ2v) is 4.74. The van der Waals surface area contributed by atoms with Gasteiger partial charge in [0.05, 0.1) is 18.8 Å². The van der Waals surface area contributed by atoms with Gasteiger partial charge in [-0.2, -0.15) is 0 Å². The van der Waals surface area contributed by atoms with Gasteiger partial charge in [0.15, 0.2) is 0 Å². The average Bonchev–Trinajstić information content (AvgIpc) is 2.30. The summed E-state index contributed by atoms with van der Waals surface area (Å²) in [6.45, 7) is 3.45. The Morgan fingerprint density at radius 1 is 1.42 bits per heavy atom. The molecule has 5 heteroatoms. The zero-order valence-corrected chi connectivity index (χ0v) is 11.2. The first-order chi connectivity index (χ1) is 8.93. The molecule has 0 saturated heterocycles. The van der Waals surface area contributed by atoms with Gasteiger partial charge in [-0.25, -0.2) is 0 Å². The number of benzene rings is 1. The van der Waals surface area contributed by atoms with E-state index in [1.807, 2.05) is 12.1 Å². The summed E-state index contributed by atoms with van der Waals surface area (Å²) in [6.07, 6.45) is 0.722. The van der Waals surface area contributed by atoms with Crippen molar-refractivity contribution in [3.8, 4) is 0 Å². The number of amides is 1. The van der Waals surface area contributed by atoms with E-state index in [1.54, 1.807) is 19.1 Å². The molecule has 1 aromatic rings. The monoisotopic (exact) mass is 265 g/mol. The number of hydrogen-bond donors (Lipinski definition) is 2. The zero-order chi connectivity index (χ0) is 14.3. The highest BCUT2D eigenvalue weighted by atomic mass is 16.5. The van der Waals surface area contributed by atoms with E-state index in [0.29, 0.717) is 12.9 Å². The molecule has 5 nitrogen and oxygen atoms in total. The number of rotatable bonds is 7. The normalized spacial score (nSPS) is 13.6. The van der Waals surface area contributed by atoms with E-state index in [-0.39, 0.29) is 18.9 Å². The molecule has 1 amide bonds. The van der Waals surface area contributed by atoms with Crippen LogP contribution in [0, 0.1) is 0 Å². The molecule has 0 bridgehead atoms. The van der Waals surface area contributed by atoms with Crippen molar-refractivity contribution in [2.45, 2.75) is 32.5 Å². The van der Waals surface area contributed by atoms with Crippen molar-refractivity contribution in [3.63, 3.8) is 0 Å². The molecule has 0 aliphatic rings. The third-order valence-electron chi connectivity index (χ3n) is 2.48. The first-order valence-electron chi connectivity index (χ1n) is 6.03. The van der Waals surface area contributed by atoms with E-state index in [9.17, 15) is 14.7 Å². The topological polar surface area (TPSA) is 75.6 Å². The minimum Gasteiger partial charge on any atom is -0.387 e. The fraction of sp³-hybridized carbons (Fsp3) is 0.429. The van der Waals surface area contributed by atoms with Crippen LogP contribution in [0.15, 0.2) is 24.3 Å². The lowest BCUT2D eigenvalue weighted by Gasteiger charge is -2.20. The second-order valence-electron chi connectivity index (χ2n) is 4.74. The van der Waals surface area contributed by atoms with Crippen molar-refractivity contribution >= 4 is 17.9 Å². The van der Waals surface area contributed by atoms with Crippen molar-refractivity contribution in [1.82, 2.24) is 0 Å². The number of aliphatic hydroxyl groups is 1. The molecular formula is C14H19NO4. The highest BCUT2D eigenvalue weighted by Gasteiger charge is 2.19. The lowest BCUT2D eigenvalue weighted by Crippen LogP contribution is -2.30. The predicted molar refractivity (Wildman–Crippen MR) is 71.7 cm³/mol. The van der Waals surface area contributed by atoms with Crippen LogP contribution in [0.5, 0.6) is 0 Å². The summed E-state index contributed by atoms with van der Waals surface area (Å²) in [5.41, 5.74) is 0.526. The Balaban J connectivity index is 2.41. The van der Waals surface area contributed by atoms with Crippen LogP contribution in [0.25, 0.3) is 0 Å². The first kappa shape index (κ1) is 15.3. The zero-order valence-electron chi connectivity index (χ0n) is 11.2. The van der Waals surface area contributed by atoms with Gasteiger partial charge in [0, 0.05) is 19.0 Å². The summed E-state index contributed by atoms with van der Waals surface area (Å²) >= 11 is 0. The smallest absolute Gasteiger partial charge is 0.221 e. The summed E-state index contributed by atoms with van der Waals surface area (Å²) < 4.78 is 5.36. The molecule has 1 aromatic carbocycles. The Kier molecular flexibility index (Phi) is 5.66. The summed E-state index contributed by atoms with van der Waals surface area (Å²) in [5.74, 6) is -0.117. The Morgan fingerprint density at radius 2 is 2.05 bits per heavy atom. The molecule has 0 radical (unpaired) electrons. The highest BCUT2D eigenvalue weighted by Crippen LogP contribution is 2.12. The van der Waals surface area contributed by atoms with Gasteiger partial charge in [0.1, 0.15) is 6.29 Å². The maximum atomic E-state index is 10.8. The highest BCUT2D eigenvalue weighted by molar-refractivity contribution is 5.88. The molecule has 0 spiro atoms. The minimum atomic E-state index is -1.13. The number of nitrogens with one attached hydrogen (secondary N) is 1. The maximum absolute atomic E-state index is 10.8. The first-order valence-corrected chi connectivity index (χ1v) is 6.03. The summed E-state index contributed by atoms with van der Waals surface area (Å²) in [5, 5.41) is 12.4. The molecule has 0 aliphatic heterocycles. The van der Waals surface area contributed by atoms with E-state index < -0.39 is 5.60 Å². The second kappa shape index (κ2) is 7.01. The Hall–Kier alpha value is -1.72. The third-order valence-corrected chi connectivity index (χ3v) is 2.48. The van der Waals surface area contributed by atoms with Gasteiger partial charge < -0.3 is 20.0 Å². The van der Waals surface area contributed by atoms with Gasteiger partial charge in [-0.05, 0) is 24.6 Å². The van der Waals surface area contributed by atoms with Gasteiger partial charge in [-0.15, -0.1) is 0 Å². The van der Waals surface area contributed by atoms with E-state index in [1.165, 1.54) is 6.92 Å². The average molecular weight is 265 g/mol. The van der Waals surface area contributed by atoms with Crippen molar-refractivity contribution in [2.24, 2.45) is 0 Å². The molecule has 104 valence electrons. The minimum absolute atomic E-state index is 0.0501. The van der Waals surface area contributed by atoms with Crippen LogP contribution in [0.3, 0.4) is 0 Å². The van der Waals surface area contributed by atoms with Crippen molar-refractivity contribution in [3.05, 3.63) is 29.8 Å². The Bertz CT molecular complexity index is 426. The molecule has 0 fully saturated rings. The summed E-state index contributed by atoms with van der Waals surface area (Å²) in [6, 6.07) is 7.23. The molecule has 0 aliphatic carbocycles. The molecule has 0 unspecified atom stereocenters. The van der Waals surface area contributed by atoms with Gasteiger partial charge in [0.25, 0.3) is 0 Å². The summed E-state index contributed by atoms with van der Waals surface area (Å²) in [4.78, 5) is 21.2. The van der Waals surface area contributed by atoms with E-state index in [2.05, 4.69) is 5.32 Å². The molecule has 0 saturated carbocycles. The van der Waals surface area contributed by atoms with Gasteiger partial charge >= 0.3 is 0 Å². The van der Waals surface area contributed by atoms with Crippen LogP contribution in [0.4, 0.5) is 5.69 Å². The van der Waals surface area contributed by atoms with Crippen molar-refractivity contribution in [1.29, 1.82) is 0 Å². The van der Waals surface area contributed by atoms with Crippen LogP contribution in [-0.4, -0.2) is 29.5 Å². The fourth-order valence-corrected chi connectivity index (χ4v) is 1.51. The van der Waals surface area contributed by atoms with E-state index in [0.717, 1.165) is 11.3 Å². The molecule has 0 heterocycles. The van der Waals surface area contributed by atoms with Crippen LogP contribution in [0.1, 0.15) is 25.8 Å². The largest absolute Gasteiger partial charge is 0.387 e. The quantitative estimate of drug-likeness (QED) is 0.733. The molecule has 1 atom stereocenters. The number of ether oxygens (including phenoxy) is 1. The molecule has 1 rings (SSSR count). The number of hydrogen-bond acceptors (Lipinski definition) is 4. The lowest BCUT2D eigenvalue weighted by atomic mass is 10.1. The Morgan fingerprint density at radius 3 is 2.58 bits per heavy atom. The third kappa shape index (κ3) is 6.13. The Labute approximate surface area is 112 Å².